The molecule has 0 atom stereocenters. The molecule has 57 heavy (non-hydrogen) atoms. The molecule has 0 saturated heterocycles. The lowest BCUT2D eigenvalue weighted by Crippen LogP contribution is -2.15. The molecule has 0 aliphatic heterocycles. The van der Waals surface area contributed by atoms with Gasteiger partial charge in [0.2, 0.25) is 0 Å². The minimum atomic E-state index is -0.120. The number of hydrogen-bond acceptors (Lipinski definition) is 2. The van der Waals surface area contributed by atoms with E-state index in [4.69, 9.17) is 9.97 Å². The van der Waals surface area contributed by atoms with E-state index in [-0.39, 0.29) is 5.41 Å². The molecular formula is C55H38N2. The molecule has 0 fully saturated rings. The summed E-state index contributed by atoms with van der Waals surface area (Å²) in [5.74, 6) is 0.708. The zero-order valence-corrected chi connectivity index (χ0v) is 31.9. The van der Waals surface area contributed by atoms with Crippen LogP contribution in [0.2, 0.25) is 0 Å². The first-order chi connectivity index (χ1) is 28.0. The summed E-state index contributed by atoms with van der Waals surface area (Å²) in [5, 5.41) is 7.35. The zero-order chi connectivity index (χ0) is 38.1. The molecule has 268 valence electrons. The van der Waals surface area contributed by atoms with Crippen LogP contribution >= 0.6 is 0 Å². The highest BCUT2D eigenvalue weighted by Crippen LogP contribution is 2.52. The van der Waals surface area contributed by atoms with Gasteiger partial charge in [-0.15, -0.1) is 0 Å². The van der Waals surface area contributed by atoms with Crippen LogP contribution in [-0.2, 0) is 5.41 Å². The van der Waals surface area contributed by atoms with E-state index in [1.54, 1.807) is 0 Å². The van der Waals surface area contributed by atoms with Crippen LogP contribution in [0, 0.1) is 0 Å². The van der Waals surface area contributed by atoms with Gasteiger partial charge in [-0.25, -0.2) is 9.97 Å². The van der Waals surface area contributed by atoms with Crippen molar-refractivity contribution in [3.63, 3.8) is 0 Å². The Morgan fingerprint density at radius 3 is 1.72 bits per heavy atom. The maximum absolute atomic E-state index is 5.42. The maximum atomic E-state index is 5.42. The van der Waals surface area contributed by atoms with Crippen molar-refractivity contribution in [2.75, 3.05) is 0 Å². The van der Waals surface area contributed by atoms with Gasteiger partial charge in [0, 0.05) is 22.1 Å². The van der Waals surface area contributed by atoms with Crippen molar-refractivity contribution in [2.45, 2.75) is 19.3 Å². The highest BCUT2D eigenvalue weighted by Gasteiger charge is 2.36. The highest BCUT2D eigenvalue weighted by atomic mass is 14.9. The van der Waals surface area contributed by atoms with Crippen LogP contribution in [0.15, 0.2) is 194 Å². The van der Waals surface area contributed by atoms with Gasteiger partial charge >= 0.3 is 0 Å². The van der Waals surface area contributed by atoms with Gasteiger partial charge in [0.25, 0.3) is 0 Å². The molecule has 0 amide bonds. The number of hydrogen-bond donors (Lipinski definition) is 0. The highest BCUT2D eigenvalue weighted by molar-refractivity contribution is 6.07. The van der Waals surface area contributed by atoms with Crippen molar-refractivity contribution in [2.24, 2.45) is 0 Å². The fraction of sp³-hybridized carbons (Fsp3) is 0.0545. The van der Waals surface area contributed by atoms with E-state index >= 15 is 0 Å². The standard InChI is InChI=1S/C55H38N2/c1-55(2)49-32-28-36-16-7-9-21-41(36)53(49)48-29-27-38(33-50(48)55)40-30-31-47(45-24-11-10-22-42(40)45)54-56-51(37-17-4-3-5-18-37)34-52(57-54)46-25-13-12-23-44(46)43-26-14-19-35-15-6-8-20-39(35)43/h3-34H,1-2H3. The van der Waals surface area contributed by atoms with E-state index in [9.17, 15) is 0 Å². The van der Waals surface area contributed by atoms with Crippen LogP contribution in [0.5, 0.6) is 0 Å². The molecule has 1 aliphatic carbocycles. The van der Waals surface area contributed by atoms with Crippen molar-refractivity contribution in [3.05, 3.63) is 205 Å². The number of rotatable bonds is 5. The van der Waals surface area contributed by atoms with Crippen molar-refractivity contribution in [3.8, 4) is 67.3 Å². The molecule has 2 nitrogen and oxygen atoms in total. The van der Waals surface area contributed by atoms with Crippen LogP contribution in [0.25, 0.3) is 99.6 Å². The Balaban J connectivity index is 1.08. The summed E-state index contributed by atoms with van der Waals surface area (Å²) in [6, 6.07) is 70.1. The van der Waals surface area contributed by atoms with E-state index in [0.717, 1.165) is 39.0 Å². The first-order valence-electron chi connectivity index (χ1n) is 19.7. The fourth-order valence-electron chi connectivity index (χ4n) is 9.28. The quantitative estimate of drug-likeness (QED) is 0.176. The average Bonchev–Trinajstić information content (AvgIpc) is 3.51. The summed E-state index contributed by atoms with van der Waals surface area (Å²) in [6.07, 6.45) is 0. The monoisotopic (exact) mass is 726 g/mol. The summed E-state index contributed by atoms with van der Waals surface area (Å²) in [6.45, 7) is 4.73. The Morgan fingerprint density at radius 2 is 0.912 bits per heavy atom. The fourth-order valence-corrected chi connectivity index (χ4v) is 9.28. The van der Waals surface area contributed by atoms with Crippen molar-refractivity contribution in [1.82, 2.24) is 9.97 Å². The van der Waals surface area contributed by atoms with Crippen molar-refractivity contribution in [1.29, 1.82) is 0 Å². The second-order valence-electron chi connectivity index (χ2n) is 15.7. The first kappa shape index (κ1) is 33.2. The largest absolute Gasteiger partial charge is 0.228 e. The topological polar surface area (TPSA) is 25.8 Å². The third-order valence-electron chi connectivity index (χ3n) is 12.1. The second-order valence-corrected chi connectivity index (χ2v) is 15.7. The van der Waals surface area contributed by atoms with E-state index in [2.05, 4.69) is 208 Å². The SMILES string of the molecule is CC1(C)c2cc(-c3ccc(-c4nc(-c5ccccc5)cc(-c5ccccc5-c5cccc6ccccc56)n4)c4ccccc34)ccc2-c2c1ccc1ccccc21. The van der Waals surface area contributed by atoms with E-state index < -0.39 is 0 Å². The van der Waals surface area contributed by atoms with Gasteiger partial charge < -0.3 is 0 Å². The summed E-state index contributed by atoms with van der Waals surface area (Å²) in [7, 11) is 0. The van der Waals surface area contributed by atoms with Gasteiger partial charge in [-0.05, 0) is 95.0 Å². The van der Waals surface area contributed by atoms with Crippen molar-refractivity contribution >= 4 is 32.3 Å². The number of nitrogens with zero attached hydrogens (tertiary/aromatic N) is 2. The van der Waals surface area contributed by atoms with Gasteiger partial charge in [0.1, 0.15) is 0 Å². The van der Waals surface area contributed by atoms with Gasteiger partial charge in [-0.1, -0.05) is 190 Å². The molecule has 10 aromatic rings. The predicted octanol–water partition coefficient (Wildman–Crippen LogP) is 14.6. The van der Waals surface area contributed by atoms with Crippen LogP contribution in [0.4, 0.5) is 0 Å². The molecule has 1 aromatic heterocycles. The predicted molar refractivity (Wildman–Crippen MR) is 239 cm³/mol. The molecule has 0 spiro atoms. The third-order valence-corrected chi connectivity index (χ3v) is 12.1. The van der Waals surface area contributed by atoms with Crippen LogP contribution in [0.3, 0.4) is 0 Å². The van der Waals surface area contributed by atoms with E-state index in [1.165, 1.54) is 65.9 Å². The molecule has 0 saturated carbocycles. The zero-order valence-electron chi connectivity index (χ0n) is 31.9. The molecule has 0 radical (unpaired) electrons. The first-order valence-corrected chi connectivity index (χ1v) is 19.7. The van der Waals surface area contributed by atoms with Crippen LogP contribution in [-0.4, -0.2) is 9.97 Å². The molecule has 0 unspecified atom stereocenters. The molecule has 0 N–H and O–H groups in total. The maximum Gasteiger partial charge on any atom is 0.161 e. The van der Waals surface area contributed by atoms with Gasteiger partial charge in [0.15, 0.2) is 5.82 Å². The number of benzene rings is 9. The third kappa shape index (κ3) is 5.33. The van der Waals surface area contributed by atoms with E-state index in [1.807, 2.05) is 0 Å². The lowest BCUT2D eigenvalue weighted by molar-refractivity contribution is 0.661. The minimum Gasteiger partial charge on any atom is -0.228 e. The number of aromatic nitrogens is 2. The Hall–Kier alpha value is -7.16. The molecule has 11 rings (SSSR count). The van der Waals surface area contributed by atoms with Gasteiger partial charge in [-0.3, -0.25) is 0 Å². The molecule has 0 bridgehead atoms. The lowest BCUT2D eigenvalue weighted by atomic mass is 9.81. The molecular weight excluding hydrogens is 689 g/mol. The normalized spacial score (nSPS) is 12.9. The average molecular weight is 727 g/mol. The van der Waals surface area contributed by atoms with E-state index in [0.29, 0.717) is 5.82 Å². The number of fused-ring (bicyclic) bond motifs is 7. The Bertz CT molecular complexity index is 3210. The molecule has 1 aliphatic rings. The smallest absolute Gasteiger partial charge is 0.161 e. The van der Waals surface area contributed by atoms with Gasteiger partial charge in [-0.2, -0.15) is 0 Å². The summed E-state index contributed by atoms with van der Waals surface area (Å²) in [4.78, 5) is 10.7. The Kier molecular flexibility index (Phi) is 7.55. The lowest BCUT2D eigenvalue weighted by Gasteiger charge is -2.22. The Labute approximate surface area is 332 Å². The minimum absolute atomic E-state index is 0.120. The molecule has 2 heteroatoms. The van der Waals surface area contributed by atoms with Crippen LogP contribution in [0.1, 0.15) is 25.0 Å². The molecule has 1 heterocycles. The van der Waals surface area contributed by atoms with Gasteiger partial charge in [0.05, 0.1) is 11.4 Å². The van der Waals surface area contributed by atoms with Crippen molar-refractivity contribution < 1.29 is 0 Å². The Morgan fingerprint density at radius 1 is 0.333 bits per heavy atom. The van der Waals surface area contributed by atoms with Crippen LogP contribution < -0.4 is 0 Å². The second kappa shape index (κ2) is 13.0. The summed E-state index contributed by atoms with van der Waals surface area (Å²) < 4.78 is 0. The summed E-state index contributed by atoms with van der Waals surface area (Å²) >= 11 is 0. The summed E-state index contributed by atoms with van der Waals surface area (Å²) in [5.41, 5.74) is 15.0. The molecule has 9 aromatic carbocycles.